The van der Waals surface area contributed by atoms with Crippen molar-refractivity contribution in [2.24, 2.45) is 0 Å². The molecule has 3 aromatic carbocycles. The molecule has 3 aromatic rings. The van der Waals surface area contributed by atoms with Crippen LogP contribution in [0.4, 0.5) is 0 Å². The summed E-state index contributed by atoms with van der Waals surface area (Å²) in [6.45, 7) is 0.557. The quantitative estimate of drug-likeness (QED) is 0.435. The third kappa shape index (κ3) is 3.76. The predicted molar refractivity (Wildman–Crippen MR) is 107 cm³/mol. The molecule has 0 saturated heterocycles. The number of benzene rings is 3. The first-order valence-corrected chi connectivity index (χ1v) is 8.82. The average Bonchev–Trinajstić information content (AvgIpc) is 2.67. The van der Waals surface area contributed by atoms with Crippen LogP contribution in [0, 0.1) is 0 Å². The lowest BCUT2D eigenvalue weighted by molar-refractivity contribution is -0.206. The second-order valence-electron chi connectivity index (χ2n) is 6.19. The molecule has 0 aliphatic carbocycles. The summed E-state index contributed by atoms with van der Waals surface area (Å²) in [4.78, 5) is 10.8. The van der Waals surface area contributed by atoms with E-state index >= 15 is 0 Å². The van der Waals surface area contributed by atoms with Gasteiger partial charge in [0.25, 0.3) is 0 Å². The van der Waals surface area contributed by atoms with Crippen molar-refractivity contribution in [1.29, 1.82) is 0 Å². The Hall–Kier alpha value is -3.10. The van der Waals surface area contributed by atoms with Gasteiger partial charge in [-0.05, 0) is 34.4 Å². The topological polar surface area (TPSA) is 18.5 Å². The van der Waals surface area contributed by atoms with E-state index < -0.39 is 0 Å². The van der Waals surface area contributed by atoms with E-state index in [1.165, 1.54) is 16.7 Å². The molecule has 128 valence electrons. The minimum atomic E-state index is 0.557. The molecule has 2 bridgehead atoms. The van der Waals surface area contributed by atoms with Gasteiger partial charge in [-0.1, -0.05) is 85.0 Å². The second kappa shape index (κ2) is 7.85. The van der Waals surface area contributed by atoms with Crippen molar-refractivity contribution in [3.8, 4) is 5.75 Å². The molecule has 1 aliphatic rings. The minimum absolute atomic E-state index is 0.557. The van der Waals surface area contributed by atoms with Crippen LogP contribution >= 0.6 is 0 Å². The minimum Gasteiger partial charge on any atom is -0.337 e. The lowest BCUT2D eigenvalue weighted by Crippen LogP contribution is -2.09. The van der Waals surface area contributed by atoms with E-state index in [1.54, 1.807) is 0 Å². The van der Waals surface area contributed by atoms with Crippen LogP contribution in [0.2, 0.25) is 0 Å². The van der Waals surface area contributed by atoms with Crippen LogP contribution in [0.5, 0.6) is 5.75 Å². The van der Waals surface area contributed by atoms with Gasteiger partial charge < -0.3 is 4.89 Å². The molecule has 0 spiro atoms. The molecule has 0 atom stereocenters. The molecular weight excluding hydrogens is 320 g/mol. The second-order valence-corrected chi connectivity index (χ2v) is 6.19. The number of hydrogen-bond acceptors (Lipinski definition) is 2. The van der Waals surface area contributed by atoms with Crippen molar-refractivity contribution in [2.75, 3.05) is 6.61 Å². The summed E-state index contributed by atoms with van der Waals surface area (Å²) in [5, 5.41) is 0. The lowest BCUT2D eigenvalue weighted by atomic mass is 9.95. The Morgan fingerprint density at radius 2 is 1.23 bits per heavy atom. The zero-order valence-electron chi connectivity index (χ0n) is 14.5. The van der Waals surface area contributed by atoms with E-state index in [9.17, 15) is 0 Å². The first kappa shape index (κ1) is 16.4. The van der Waals surface area contributed by atoms with Crippen LogP contribution in [0.25, 0.3) is 24.3 Å². The largest absolute Gasteiger partial charge is 0.337 e. The molecule has 0 saturated carbocycles. The van der Waals surface area contributed by atoms with Crippen molar-refractivity contribution in [3.05, 3.63) is 101 Å². The van der Waals surface area contributed by atoms with Gasteiger partial charge >= 0.3 is 0 Å². The number of rotatable bonds is 4. The molecule has 0 amide bonds. The molecular formula is C24H20O2. The number of fused-ring (bicyclic) bond motifs is 3. The Labute approximate surface area is 154 Å². The fraction of sp³-hybridized carbons (Fsp3) is 0.0833. The molecule has 0 aromatic heterocycles. The van der Waals surface area contributed by atoms with Gasteiger partial charge in [0.05, 0.1) is 6.61 Å². The van der Waals surface area contributed by atoms with Crippen LogP contribution in [-0.2, 0) is 11.3 Å². The molecule has 1 aliphatic heterocycles. The van der Waals surface area contributed by atoms with Crippen molar-refractivity contribution < 1.29 is 9.78 Å². The zero-order chi connectivity index (χ0) is 17.6. The van der Waals surface area contributed by atoms with Crippen molar-refractivity contribution >= 4 is 24.3 Å². The molecule has 4 rings (SSSR count). The predicted octanol–water partition coefficient (Wildman–Crippen LogP) is 5.89. The summed E-state index contributed by atoms with van der Waals surface area (Å²) in [5.41, 5.74) is 5.81. The van der Waals surface area contributed by atoms with Crippen LogP contribution in [0.1, 0.15) is 27.8 Å². The lowest BCUT2D eigenvalue weighted by Gasteiger charge is -2.18. The van der Waals surface area contributed by atoms with Gasteiger partial charge in [-0.15, -0.1) is 0 Å². The monoisotopic (exact) mass is 340 g/mol. The Bertz CT molecular complexity index is 847. The van der Waals surface area contributed by atoms with E-state index in [-0.39, 0.29) is 0 Å². The molecule has 1 heterocycles. The van der Waals surface area contributed by atoms with Gasteiger partial charge in [0.2, 0.25) is 0 Å². The highest BCUT2D eigenvalue weighted by Gasteiger charge is 2.15. The smallest absolute Gasteiger partial charge is 0.173 e. The summed E-state index contributed by atoms with van der Waals surface area (Å²) < 4.78 is 0. The standard InChI is InChI=1S/C24H20O2/c1-3-7-19(8-4-1)11-14-22-21-13-16-24(26-25-18-17-21)23(22)15-12-20-9-5-2-6-10-20/h1-16H,17-18H2. The molecule has 0 radical (unpaired) electrons. The third-order valence-electron chi connectivity index (χ3n) is 4.42. The van der Waals surface area contributed by atoms with Gasteiger partial charge in [0.1, 0.15) is 0 Å². The maximum Gasteiger partial charge on any atom is 0.173 e. The molecule has 0 unspecified atom stereocenters. The van der Waals surface area contributed by atoms with Crippen LogP contribution in [0.15, 0.2) is 72.8 Å². The highest BCUT2D eigenvalue weighted by atomic mass is 17.2. The summed E-state index contributed by atoms with van der Waals surface area (Å²) in [6, 6.07) is 24.7. The first-order chi connectivity index (χ1) is 12.9. The Kier molecular flexibility index (Phi) is 4.95. The van der Waals surface area contributed by atoms with Crippen LogP contribution < -0.4 is 4.89 Å². The fourth-order valence-electron chi connectivity index (χ4n) is 3.07. The third-order valence-corrected chi connectivity index (χ3v) is 4.42. The van der Waals surface area contributed by atoms with Gasteiger partial charge in [0, 0.05) is 12.0 Å². The number of hydrogen-bond donors (Lipinski definition) is 0. The first-order valence-electron chi connectivity index (χ1n) is 8.82. The Balaban J connectivity index is 1.76. The summed E-state index contributed by atoms with van der Waals surface area (Å²) >= 11 is 0. The highest BCUT2D eigenvalue weighted by Crippen LogP contribution is 2.32. The van der Waals surface area contributed by atoms with Crippen molar-refractivity contribution in [3.63, 3.8) is 0 Å². The van der Waals surface area contributed by atoms with Crippen LogP contribution in [0.3, 0.4) is 0 Å². The molecule has 26 heavy (non-hydrogen) atoms. The Morgan fingerprint density at radius 1 is 0.615 bits per heavy atom. The zero-order valence-corrected chi connectivity index (χ0v) is 14.5. The molecule has 2 heteroatoms. The van der Waals surface area contributed by atoms with E-state index in [0.717, 1.165) is 23.3 Å². The van der Waals surface area contributed by atoms with E-state index in [0.29, 0.717) is 6.61 Å². The van der Waals surface area contributed by atoms with E-state index in [1.807, 2.05) is 42.5 Å². The summed E-state index contributed by atoms with van der Waals surface area (Å²) in [5.74, 6) is 0.744. The van der Waals surface area contributed by atoms with E-state index in [2.05, 4.69) is 54.6 Å². The average molecular weight is 340 g/mol. The van der Waals surface area contributed by atoms with Crippen molar-refractivity contribution in [2.45, 2.75) is 6.42 Å². The normalized spacial score (nSPS) is 13.7. The van der Waals surface area contributed by atoms with E-state index in [4.69, 9.17) is 9.78 Å². The fourth-order valence-corrected chi connectivity index (χ4v) is 3.07. The summed E-state index contributed by atoms with van der Waals surface area (Å²) in [6.07, 6.45) is 9.35. The summed E-state index contributed by atoms with van der Waals surface area (Å²) in [7, 11) is 0. The molecule has 0 fully saturated rings. The molecule has 0 N–H and O–H groups in total. The van der Waals surface area contributed by atoms with Crippen LogP contribution in [-0.4, -0.2) is 6.61 Å². The van der Waals surface area contributed by atoms with Gasteiger partial charge in [0.15, 0.2) is 5.75 Å². The van der Waals surface area contributed by atoms with Gasteiger partial charge in [-0.3, -0.25) is 0 Å². The maximum absolute atomic E-state index is 5.53. The molecule has 2 nitrogen and oxygen atoms in total. The maximum atomic E-state index is 5.53. The van der Waals surface area contributed by atoms with Gasteiger partial charge in [-0.25, -0.2) is 0 Å². The highest BCUT2D eigenvalue weighted by molar-refractivity contribution is 5.83. The van der Waals surface area contributed by atoms with Gasteiger partial charge in [-0.2, -0.15) is 4.89 Å². The SMILES string of the molecule is C(=Cc1c2ccc(c1C=Cc1ccccc1)OOCC2)c1ccccc1. The van der Waals surface area contributed by atoms with Crippen molar-refractivity contribution in [1.82, 2.24) is 0 Å². The Morgan fingerprint density at radius 3 is 1.88 bits per heavy atom.